The van der Waals surface area contributed by atoms with Gasteiger partial charge in [0.2, 0.25) is 0 Å². The second-order valence-corrected chi connectivity index (χ2v) is 11.9. The highest BCUT2D eigenvalue weighted by Crippen LogP contribution is 2.41. The minimum Gasteiger partial charge on any atom is -0.378 e. The van der Waals surface area contributed by atoms with Gasteiger partial charge in [0.15, 0.2) is 0 Å². The molecule has 2 aromatic carbocycles. The van der Waals surface area contributed by atoms with Crippen molar-refractivity contribution in [3.8, 4) is 0 Å². The molecule has 0 unspecified atom stereocenters. The Morgan fingerprint density at radius 3 is 2.38 bits per heavy atom. The van der Waals surface area contributed by atoms with Gasteiger partial charge < -0.3 is 5.32 Å². The molecule has 5 rings (SSSR count). The fourth-order valence-corrected chi connectivity index (χ4v) is 6.83. The number of likely N-dealkylation sites (tertiary alicyclic amines) is 1. The van der Waals surface area contributed by atoms with E-state index in [-0.39, 0.29) is 35.5 Å². The third-order valence-corrected chi connectivity index (χ3v) is 9.04. The van der Waals surface area contributed by atoms with E-state index in [4.69, 9.17) is 0 Å². The summed E-state index contributed by atoms with van der Waals surface area (Å²) in [4.78, 5) is 8.61. The quantitative estimate of drug-likeness (QED) is 0.295. The van der Waals surface area contributed by atoms with Crippen molar-refractivity contribution in [1.82, 2.24) is 14.9 Å². The predicted molar refractivity (Wildman–Crippen MR) is 146 cm³/mol. The SMILES string of the molecule is Cl.O=S(=O)(Nc1ccncn1)c1cc(F)c(N[C@H]2CC[C@H](c3cccc(C(F)(F)F)c3F)C[C@@H]2N2CCCC2)cc1F. The molecule has 2 heterocycles. The van der Waals surface area contributed by atoms with Crippen molar-refractivity contribution >= 4 is 33.9 Å². The number of benzene rings is 2. The number of hydrogen-bond donors (Lipinski definition) is 2. The number of sulfonamides is 1. The molecule has 1 saturated heterocycles. The molecule has 2 aliphatic rings. The van der Waals surface area contributed by atoms with E-state index in [2.05, 4.69) is 24.9 Å². The number of aromatic nitrogens is 2. The first-order valence-electron chi connectivity index (χ1n) is 13.1. The van der Waals surface area contributed by atoms with Crippen LogP contribution in [0.1, 0.15) is 49.1 Å². The van der Waals surface area contributed by atoms with Gasteiger partial charge in [-0.1, -0.05) is 12.1 Å². The third-order valence-electron chi connectivity index (χ3n) is 7.67. The lowest BCUT2D eigenvalue weighted by molar-refractivity contribution is -0.140. The molecule has 3 atom stereocenters. The summed E-state index contributed by atoms with van der Waals surface area (Å²) in [6.45, 7) is 1.42. The van der Waals surface area contributed by atoms with Crippen LogP contribution in [0.25, 0.3) is 0 Å². The monoisotopic (exact) mass is 635 g/mol. The number of nitrogens with one attached hydrogen (secondary N) is 2. The maximum absolute atomic E-state index is 15.2. The van der Waals surface area contributed by atoms with Crippen LogP contribution >= 0.6 is 12.4 Å². The van der Waals surface area contributed by atoms with E-state index in [0.717, 1.165) is 25.2 Å². The van der Waals surface area contributed by atoms with Gasteiger partial charge in [-0.25, -0.2) is 31.6 Å². The summed E-state index contributed by atoms with van der Waals surface area (Å²) in [5.41, 5.74) is -1.57. The van der Waals surface area contributed by atoms with Crippen LogP contribution in [0.15, 0.2) is 53.8 Å². The van der Waals surface area contributed by atoms with Crippen LogP contribution in [-0.4, -0.2) is 48.5 Å². The molecule has 42 heavy (non-hydrogen) atoms. The summed E-state index contributed by atoms with van der Waals surface area (Å²) in [5, 5.41) is 3.00. The second kappa shape index (κ2) is 12.6. The molecule has 3 aromatic rings. The van der Waals surface area contributed by atoms with Gasteiger partial charge in [0, 0.05) is 24.3 Å². The Morgan fingerprint density at radius 2 is 1.71 bits per heavy atom. The van der Waals surface area contributed by atoms with Gasteiger partial charge in [-0.05, 0) is 74.9 Å². The van der Waals surface area contributed by atoms with Crippen LogP contribution in [0.2, 0.25) is 0 Å². The topological polar surface area (TPSA) is 87.2 Å². The van der Waals surface area contributed by atoms with Crippen molar-refractivity contribution in [1.29, 1.82) is 0 Å². The molecule has 0 radical (unpaired) electrons. The van der Waals surface area contributed by atoms with Crippen LogP contribution in [-0.2, 0) is 16.2 Å². The first kappa shape index (κ1) is 31.8. The Morgan fingerprint density at radius 1 is 0.976 bits per heavy atom. The minimum absolute atomic E-state index is 0. The highest BCUT2D eigenvalue weighted by atomic mass is 35.5. The number of hydrogen-bond acceptors (Lipinski definition) is 6. The van der Waals surface area contributed by atoms with Gasteiger partial charge in [0.1, 0.15) is 34.5 Å². The van der Waals surface area contributed by atoms with Crippen LogP contribution in [0.5, 0.6) is 0 Å². The molecule has 1 saturated carbocycles. The zero-order chi connectivity index (χ0) is 29.4. The molecule has 1 aliphatic carbocycles. The smallest absolute Gasteiger partial charge is 0.378 e. The Hall–Kier alpha value is -3.10. The number of nitrogens with zero attached hydrogens (tertiary/aromatic N) is 3. The highest BCUT2D eigenvalue weighted by molar-refractivity contribution is 7.92. The zero-order valence-corrected chi connectivity index (χ0v) is 23.7. The maximum Gasteiger partial charge on any atom is 0.419 e. The molecule has 2 N–H and O–H groups in total. The van der Waals surface area contributed by atoms with E-state index >= 15 is 8.78 Å². The Balaban J connectivity index is 0.00000405. The summed E-state index contributed by atoms with van der Waals surface area (Å²) in [6.07, 6.45) is 0.337. The average Bonchev–Trinajstić information content (AvgIpc) is 3.45. The predicted octanol–water partition coefficient (Wildman–Crippen LogP) is 6.35. The van der Waals surface area contributed by atoms with Gasteiger partial charge in [-0.3, -0.25) is 9.62 Å². The van der Waals surface area contributed by atoms with Gasteiger partial charge >= 0.3 is 6.18 Å². The Kier molecular flexibility index (Phi) is 9.58. The number of halogens is 7. The first-order valence-corrected chi connectivity index (χ1v) is 14.6. The van der Waals surface area contributed by atoms with Crippen molar-refractivity contribution in [3.63, 3.8) is 0 Å². The van der Waals surface area contributed by atoms with E-state index in [1.165, 1.54) is 24.4 Å². The van der Waals surface area contributed by atoms with Crippen LogP contribution in [0.3, 0.4) is 0 Å². The number of rotatable bonds is 7. The van der Waals surface area contributed by atoms with Crippen LogP contribution in [0.4, 0.5) is 37.8 Å². The van der Waals surface area contributed by atoms with E-state index in [1.807, 2.05) is 0 Å². The van der Waals surface area contributed by atoms with E-state index < -0.39 is 56.1 Å². The molecule has 0 bridgehead atoms. The maximum atomic E-state index is 15.2. The molecule has 1 aromatic heterocycles. The standard InChI is InChI=1S/C27H27F6N5O2S.ClH/c28-19-14-24(41(39,40)37-25-8-9-34-15-35-25)20(29)13-22(19)36-21-7-6-16(12-23(21)38-10-1-2-11-38)17-4-3-5-18(26(17)30)27(31,32)33;/h3-5,8-9,13-16,21,23,36H,1-2,6-7,10-12H2,(H,34,35,37);1H/t16-,21-,23-;/m0./s1. The minimum atomic E-state index is -4.82. The molecule has 1 aliphatic heterocycles. The molecule has 0 spiro atoms. The normalized spacial score (nSPS) is 21.5. The van der Waals surface area contributed by atoms with E-state index in [9.17, 15) is 26.0 Å². The van der Waals surface area contributed by atoms with E-state index in [0.29, 0.717) is 44.5 Å². The van der Waals surface area contributed by atoms with Crippen molar-refractivity contribution in [2.45, 2.75) is 61.2 Å². The van der Waals surface area contributed by atoms with Crippen LogP contribution in [0, 0.1) is 17.5 Å². The molecular formula is C27H28ClF6N5O2S. The van der Waals surface area contributed by atoms with Crippen molar-refractivity contribution < 1.29 is 34.8 Å². The molecule has 15 heteroatoms. The van der Waals surface area contributed by atoms with Gasteiger partial charge in [0.25, 0.3) is 10.0 Å². The Bertz CT molecular complexity index is 1510. The fraction of sp³-hybridized carbons (Fsp3) is 0.407. The fourth-order valence-electron chi connectivity index (χ4n) is 5.75. The zero-order valence-electron chi connectivity index (χ0n) is 22.0. The summed E-state index contributed by atoms with van der Waals surface area (Å²) in [5.74, 6) is -4.09. The second-order valence-electron chi connectivity index (χ2n) is 10.2. The van der Waals surface area contributed by atoms with Gasteiger partial charge in [-0.2, -0.15) is 13.2 Å². The summed E-state index contributed by atoms with van der Waals surface area (Å²) < 4.78 is 113. The molecule has 2 fully saturated rings. The molecule has 0 amide bonds. The lowest BCUT2D eigenvalue weighted by Crippen LogP contribution is -2.49. The van der Waals surface area contributed by atoms with Crippen molar-refractivity contribution in [3.05, 3.63) is 77.5 Å². The summed E-state index contributed by atoms with van der Waals surface area (Å²) in [7, 11) is -4.50. The summed E-state index contributed by atoms with van der Waals surface area (Å²) in [6, 6.07) is 5.15. The van der Waals surface area contributed by atoms with Gasteiger partial charge in [0.05, 0.1) is 11.3 Å². The van der Waals surface area contributed by atoms with E-state index in [1.54, 1.807) is 0 Å². The lowest BCUT2D eigenvalue weighted by Gasteiger charge is -2.42. The largest absolute Gasteiger partial charge is 0.419 e. The number of anilines is 2. The number of alkyl halides is 3. The first-order chi connectivity index (χ1) is 19.4. The molecular weight excluding hydrogens is 608 g/mol. The summed E-state index contributed by atoms with van der Waals surface area (Å²) >= 11 is 0. The lowest BCUT2D eigenvalue weighted by atomic mass is 9.77. The molecule has 228 valence electrons. The highest BCUT2D eigenvalue weighted by Gasteiger charge is 2.40. The van der Waals surface area contributed by atoms with Gasteiger partial charge in [-0.15, -0.1) is 12.4 Å². The Labute approximate surface area is 245 Å². The van der Waals surface area contributed by atoms with Crippen molar-refractivity contribution in [2.75, 3.05) is 23.1 Å². The average molecular weight is 636 g/mol. The van der Waals surface area contributed by atoms with Crippen LogP contribution < -0.4 is 10.0 Å². The third kappa shape index (κ3) is 6.76. The van der Waals surface area contributed by atoms with Crippen molar-refractivity contribution in [2.24, 2.45) is 0 Å². The molecule has 7 nitrogen and oxygen atoms in total.